The number of rotatable bonds is 9. The topological polar surface area (TPSA) is 67.5 Å². The highest BCUT2D eigenvalue weighted by atomic mass is 16.5. The van der Waals surface area contributed by atoms with E-state index in [0.717, 1.165) is 44.5 Å². The van der Waals surface area contributed by atoms with Gasteiger partial charge in [0.05, 0.1) is 34.1 Å². The van der Waals surface area contributed by atoms with Crippen LogP contribution in [0.4, 0.5) is 0 Å². The zero-order valence-corrected chi connectivity index (χ0v) is 22.6. The van der Waals surface area contributed by atoms with Crippen LogP contribution in [0, 0.1) is 0 Å². The Labute approximate surface area is 227 Å². The molecule has 0 aliphatic rings. The quantitative estimate of drug-likeness (QED) is 0.249. The van der Waals surface area contributed by atoms with Crippen LogP contribution in [0.1, 0.15) is 22.3 Å². The van der Waals surface area contributed by atoms with Crippen molar-refractivity contribution in [2.24, 2.45) is 7.05 Å². The van der Waals surface area contributed by atoms with Gasteiger partial charge in [0, 0.05) is 36.2 Å². The zero-order valence-electron chi connectivity index (χ0n) is 22.6. The molecule has 0 bridgehead atoms. The van der Waals surface area contributed by atoms with Crippen LogP contribution in [0.5, 0.6) is 17.2 Å². The van der Waals surface area contributed by atoms with Crippen molar-refractivity contribution in [2.75, 3.05) is 21.3 Å². The lowest BCUT2D eigenvalue weighted by Crippen LogP contribution is -2.20. The third kappa shape index (κ3) is 5.03. The van der Waals surface area contributed by atoms with Crippen LogP contribution in [-0.4, -0.2) is 35.7 Å². The summed E-state index contributed by atoms with van der Waals surface area (Å²) in [4.78, 5) is 13.3. The van der Waals surface area contributed by atoms with Crippen LogP contribution >= 0.6 is 0 Å². The number of aryl methyl sites for hydroxylation is 1. The summed E-state index contributed by atoms with van der Waals surface area (Å²) in [6.07, 6.45) is 6.06. The summed E-state index contributed by atoms with van der Waals surface area (Å²) >= 11 is 0. The Bertz CT molecular complexity index is 1670. The minimum atomic E-state index is -0.113. The molecule has 0 saturated carbocycles. The van der Waals surface area contributed by atoms with Gasteiger partial charge < -0.3 is 18.8 Å². The maximum absolute atomic E-state index is 13.3. The van der Waals surface area contributed by atoms with Crippen LogP contribution < -0.4 is 19.8 Å². The number of pyridine rings is 1. The van der Waals surface area contributed by atoms with E-state index in [2.05, 4.69) is 23.8 Å². The van der Waals surface area contributed by atoms with Gasteiger partial charge in [-0.15, -0.1) is 0 Å². The lowest BCUT2D eigenvalue weighted by Gasteiger charge is -2.17. The molecular formula is C32H31N3O4. The summed E-state index contributed by atoms with van der Waals surface area (Å²) in [5.74, 6) is 2.21. The molecule has 198 valence electrons. The van der Waals surface area contributed by atoms with Crippen molar-refractivity contribution in [2.45, 2.75) is 13.0 Å². The molecule has 0 spiro atoms. The third-order valence-electron chi connectivity index (χ3n) is 6.98. The molecule has 7 heteroatoms. The molecule has 0 amide bonds. The average molecular weight is 522 g/mol. The number of nitrogens with zero attached hydrogens (tertiary/aromatic N) is 3. The van der Waals surface area contributed by atoms with Crippen molar-refractivity contribution < 1.29 is 14.2 Å². The van der Waals surface area contributed by atoms with Crippen molar-refractivity contribution >= 4 is 17.0 Å². The van der Waals surface area contributed by atoms with Gasteiger partial charge in [0.2, 0.25) is 0 Å². The van der Waals surface area contributed by atoms with Crippen LogP contribution in [0.25, 0.3) is 28.1 Å². The van der Waals surface area contributed by atoms with Crippen molar-refractivity contribution in [3.8, 4) is 28.4 Å². The molecule has 0 radical (unpaired) electrons. The smallest absolute Gasteiger partial charge is 0.276 e. The van der Waals surface area contributed by atoms with Crippen molar-refractivity contribution in [1.82, 2.24) is 14.3 Å². The summed E-state index contributed by atoms with van der Waals surface area (Å²) in [6, 6.07) is 20.0. The first-order valence-corrected chi connectivity index (χ1v) is 12.6. The first kappa shape index (κ1) is 25.9. The molecule has 0 saturated heterocycles. The number of fused-ring (bicyclic) bond motifs is 1. The van der Waals surface area contributed by atoms with Crippen LogP contribution in [0.2, 0.25) is 0 Å². The Morgan fingerprint density at radius 2 is 1.54 bits per heavy atom. The van der Waals surface area contributed by atoms with E-state index in [0.29, 0.717) is 30.0 Å². The summed E-state index contributed by atoms with van der Waals surface area (Å²) in [5.41, 5.74) is 6.33. The minimum Gasteiger partial charge on any atom is -0.497 e. The first-order valence-electron chi connectivity index (χ1n) is 12.6. The fourth-order valence-electron chi connectivity index (χ4n) is 4.84. The van der Waals surface area contributed by atoms with Crippen LogP contribution in [0.3, 0.4) is 0 Å². The zero-order chi connectivity index (χ0) is 27.5. The van der Waals surface area contributed by atoms with Crippen molar-refractivity contribution in [1.29, 1.82) is 0 Å². The monoisotopic (exact) mass is 521 g/mol. The molecule has 5 rings (SSSR count). The van der Waals surface area contributed by atoms with Crippen LogP contribution in [0.15, 0.2) is 84.4 Å². The van der Waals surface area contributed by atoms with E-state index in [4.69, 9.17) is 14.2 Å². The molecule has 0 atom stereocenters. The van der Waals surface area contributed by atoms with Gasteiger partial charge >= 0.3 is 0 Å². The van der Waals surface area contributed by atoms with Gasteiger partial charge in [0.15, 0.2) is 0 Å². The molecule has 7 nitrogen and oxygen atoms in total. The minimum absolute atomic E-state index is 0.113. The summed E-state index contributed by atoms with van der Waals surface area (Å²) in [7, 11) is 6.71. The molecular weight excluding hydrogens is 490 g/mol. The predicted octanol–water partition coefficient (Wildman–Crippen LogP) is 5.71. The third-order valence-corrected chi connectivity index (χ3v) is 6.98. The van der Waals surface area contributed by atoms with Gasteiger partial charge in [-0.25, -0.2) is 0 Å². The van der Waals surface area contributed by atoms with Crippen LogP contribution in [-0.2, 0) is 20.0 Å². The number of hydrogen-bond acceptors (Lipinski definition) is 5. The molecule has 39 heavy (non-hydrogen) atoms. The van der Waals surface area contributed by atoms with E-state index in [1.165, 1.54) is 0 Å². The maximum Gasteiger partial charge on any atom is 0.276 e. The molecule has 5 aromatic rings. The highest BCUT2D eigenvalue weighted by Gasteiger charge is 2.19. The van der Waals surface area contributed by atoms with E-state index >= 15 is 0 Å². The second-order valence-corrected chi connectivity index (χ2v) is 9.35. The lowest BCUT2D eigenvalue weighted by molar-refractivity contribution is 0.387. The molecule has 0 N–H and O–H groups in total. The predicted molar refractivity (Wildman–Crippen MR) is 155 cm³/mol. The summed E-state index contributed by atoms with van der Waals surface area (Å²) in [6.45, 7) is 4.29. The van der Waals surface area contributed by atoms with E-state index in [-0.39, 0.29) is 5.56 Å². The standard InChI is InChI=1S/C32H31N3O4/c1-6-21-7-9-22(10-8-21)15-26-29(38-4)16-24(17-30(26)39-5)28-20-34(2)32(36)31-27(28)18-33-35(31)19-23-11-13-25(37-3)14-12-23/h6-14,16-18,20H,1,15,19H2,2-5H3. The Hall–Kier alpha value is -4.78. The van der Waals surface area contributed by atoms with E-state index < -0.39 is 0 Å². The summed E-state index contributed by atoms with van der Waals surface area (Å²) in [5, 5.41) is 5.36. The molecule has 0 aliphatic heterocycles. The Morgan fingerprint density at radius 1 is 0.897 bits per heavy atom. The van der Waals surface area contributed by atoms with Gasteiger partial charge in [-0.2, -0.15) is 5.10 Å². The van der Waals surface area contributed by atoms with E-state index in [1.807, 2.05) is 60.8 Å². The van der Waals surface area contributed by atoms with E-state index in [1.54, 1.807) is 43.8 Å². The average Bonchev–Trinajstić information content (AvgIpc) is 3.39. The number of benzene rings is 3. The highest BCUT2D eigenvalue weighted by molar-refractivity contribution is 5.94. The van der Waals surface area contributed by atoms with Gasteiger partial charge in [-0.3, -0.25) is 9.48 Å². The second kappa shape index (κ2) is 10.9. The number of hydrogen-bond donors (Lipinski definition) is 0. The molecule has 0 aliphatic carbocycles. The number of aromatic nitrogens is 3. The SMILES string of the molecule is C=Cc1ccc(Cc2c(OC)cc(-c3cn(C)c(=O)c4c3cnn4Cc3ccc(OC)cc3)cc2OC)cc1. The molecule has 0 unspecified atom stereocenters. The van der Waals surface area contributed by atoms with Crippen molar-refractivity contribution in [3.63, 3.8) is 0 Å². The number of methoxy groups -OCH3 is 3. The lowest BCUT2D eigenvalue weighted by atomic mass is 9.97. The van der Waals surface area contributed by atoms with Gasteiger partial charge in [0.25, 0.3) is 5.56 Å². The summed E-state index contributed by atoms with van der Waals surface area (Å²) < 4.78 is 20.3. The Kier molecular flexibility index (Phi) is 7.23. The second-order valence-electron chi connectivity index (χ2n) is 9.35. The first-order chi connectivity index (χ1) is 18.9. The van der Waals surface area contributed by atoms with E-state index in [9.17, 15) is 4.79 Å². The number of ether oxygens (including phenoxy) is 3. The van der Waals surface area contributed by atoms with Gasteiger partial charge in [-0.05, 0) is 46.5 Å². The molecule has 2 aromatic heterocycles. The van der Waals surface area contributed by atoms with Gasteiger partial charge in [0.1, 0.15) is 22.8 Å². The van der Waals surface area contributed by atoms with Crippen molar-refractivity contribution in [3.05, 3.63) is 112 Å². The normalized spacial score (nSPS) is 11.0. The molecule has 0 fully saturated rings. The Balaban J connectivity index is 1.58. The van der Waals surface area contributed by atoms with Gasteiger partial charge in [-0.1, -0.05) is 49.1 Å². The largest absolute Gasteiger partial charge is 0.497 e. The Morgan fingerprint density at radius 3 is 2.13 bits per heavy atom. The highest BCUT2D eigenvalue weighted by Crippen LogP contribution is 2.38. The molecule has 2 heterocycles. The fraction of sp³-hybridized carbons (Fsp3) is 0.188. The molecule has 3 aromatic carbocycles. The maximum atomic E-state index is 13.3. The fourth-order valence-corrected chi connectivity index (χ4v) is 4.84.